The quantitative estimate of drug-likeness (QED) is 0.516. The molecule has 8 nitrogen and oxygen atoms in total. The average molecular weight is 487 g/mol. The maximum atomic E-state index is 13.0. The van der Waals surface area contributed by atoms with Crippen molar-refractivity contribution in [2.45, 2.75) is 30.1 Å². The second-order valence-electron chi connectivity index (χ2n) is 8.39. The van der Waals surface area contributed by atoms with E-state index in [0.29, 0.717) is 36.4 Å². The van der Waals surface area contributed by atoms with E-state index in [2.05, 4.69) is 29.4 Å². The van der Waals surface area contributed by atoms with Gasteiger partial charge in [0.25, 0.3) is 5.91 Å². The van der Waals surface area contributed by atoms with Crippen LogP contribution in [0, 0.1) is 11.8 Å². The van der Waals surface area contributed by atoms with Crippen LogP contribution in [0.2, 0.25) is 0 Å². The molecule has 0 spiro atoms. The molecule has 10 heteroatoms. The lowest BCUT2D eigenvalue weighted by atomic mass is 9.94. The van der Waals surface area contributed by atoms with E-state index in [0.717, 1.165) is 16.9 Å². The number of carbonyl (C=O) groups is 1. The van der Waals surface area contributed by atoms with Gasteiger partial charge >= 0.3 is 6.01 Å². The molecule has 0 radical (unpaired) electrons. The SMILES string of the molecule is CSc1ccc(-c2nnc(NC(=O)c3ccc(S(=O)(=O)N4CC(C)CC(C)C4)cc3)o2)cc1. The van der Waals surface area contributed by atoms with Gasteiger partial charge in [-0.3, -0.25) is 10.1 Å². The molecule has 2 heterocycles. The second kappa shape index (κ2) is 9.66. The molecule has 4 rings (SSSR count). The number of carbonyl (C=O) groups excluding carboxylic acids is 1. The van der Waals surface area contributed by atoms with E-state index >= 15 is 0 Å². The molecule has 33 heavy (non-hydrogen) atoms. The van der Waals surface area contributed by atoms with E-state index in [4.69, 9.17) is 4.42 Å². The lowest BCUT2D eigenvalue weighted by Crippen LogP contribution is -2.42. The Morgan fingerprint density at radius 2 is 1.67 bits per heavy atom. The van der Waals surface area contributed by atoms with Gasteiger partial charge in [-0.2, -0.15) is 4.31 Å². The maximum Gasteiger partial charge on any atom is 0.322 e. The van der Waals surface area contributed by atoms with Crippen LogP contribution in [0.15, 0.2) is 62.7 Å². The minimum absolute atomic E-state index is 0.0306. The molecule has 2 aromatic carbocycles. The van der Waals surface area contributed by atoms with Gasteiger partial charge in [0.05, 0.1) is 4.90 Å². The average Bonchev–Trinajstić information content (AvgIpc) is 3.27. The Balaban J connectivity index is 1.44. The predicted molar refractivity (Wildman–Crippen MR) is 128 cm³/mol. The first kappa shape index (κ1) is 23.5. The topological polar surface area (TPSA) is 105 Å². The van der Waals surface area contributed by atoms with Crippen molar-refractivity contribution in [3.8, 4) is 11.5 Å². The summed E-state index contributed by atoms with van der Waals surface area (Å²) in [5, 5.41) is 10.4. The van der Waals surface area contributed by atoms with Crippen LogP contribution in [0.4, 0.5) is 6.01 Å². The van der Waals surface area contributed by atoms with Crippen LogP contribution in [0.25, 0.3) is 11.5 Å². The number of benzene rings is 2. The first-order valence-corrected chi connectivity index (χ1v) is 13.3. The Kier molecular flexibility index (Phi) is 6.87. The highest BCUT2D eigenvalue weighted by atomic mass is 32.2. The van der Waals surface area contributed by atoms with Gasteiger partial charge in [-0.1, -0.05) is 18.9 Å². The fourth-order valence-electron chi connectivity index (χ4n) is 4.02. The van der Waals surface area contributed by atoms with Crippen LogP contribution in [0.5, 0.6) is 0 Å². The lowest BCUT2D eigenvalue weighted by molar-refractivity contribution is 0.102. The summed E-state index contributed by atoms with van der Waals surface area (Å²) < 4.78 is 33.1. The van der Waals surface area contributed by atoms with E-state index in [9.17, 15) is 13.2 Å². The summed E-state index contributed by atoms with van der Waals surface area (Å²) in [6.07, 6.45) is 3.01. The van der Waals surface area contributed by atoms with E-state index in [-0.39, 0.29) is 10.9 Å². The van der Waals surface area contributed by atoms with E-state index in [1.54, 1.807) is 11.8 Å². The number of nitrogens with zero attached hydrogens (tertiary/aromatic N) is 3. The Bertz CT molecular complexity index is 1210. The van der Waals surface area contributed by atoms with Crippen molar-refractivity contribution < 1.29 is 17.6 Å². The zero-order valence-corrected chi connectivity index (χ0v) is 20.3. The number of piperidine rings is 1. The summed E-state index contributed by atoms with van der Waals surface area (Å²) >= 11 is 1.63. The molecular weight excluding hydrogens is 460 g/mol. The van der Waals surface area contributed by atoms with Crippen molar-refractivity contribution in [3.63, 3.8) is 0 Å². The monoisotopic (exact) mass is 486 g/mol. The van der Waals surface area contributed by atoms with Crippen LogP contribution in [0.3, 0.4) is 0 Å². The number of hydrogen-bond acceptors (Lipinski definition) is 7. The summed E-state index contributed by atoms with van der Waals surface area (Å²) in [6, 6.07) is 13.5. The Labute approximate surface area is 197 Å². The number of aromatic nitrogens is 2. The molecule has 1 fully saturated rings. The molecule has 1 aliphatic heterocycles. The molecule has 2 atom stereocenters. The minimum atomic E-state index is -3.60. The van der Waals surface area contributed by atoms with E-state index in [1.807, 2.05) is 30.5 Å². The van der Waals surface area contributed by atoms with E-state index < -0.39 is 15.9 Å². The minimum Gasteiger partial charge on any atom is -0.403 e. The van der Waals surface area contributed by atoms with Gasteiger partial charge in [0.2, 0.25) is 15.9 Å². The Morgan fingerprint density at radius 3 is 2.27 bits per heavy atom. The third kappa shape index (κ3) is 5.29. The van der Waals surface area contributed by atoms with Crippen molar-refractivity contribution >= 4 is 33.7 Å². The largest absolute Gasteiger partial charge is 0.403 e. The Morgan fingerprint density at radius 1 is 1.03 bits per heavy atom. The number of anilines is 1. The predicted octanol–water partition coefficient (Wildman–Crippen LogP) is 4.38. The van der Waals surface area contributed by atoms with Crippen LogP contribution in [-0.2, 0) is 10.0 Å². The molecule has 0 aliphatic carbocycles. The van der Waals surface area contributed by atoms with Gasteiger partial charge in [-0.05, 0) is 73.0 Å². The second-order valence-corrected chi connectivity index (χ2v) is 11.2. The molecule has 1 aliphatic rings. The molecule has 1 N–H and O–H groups in total. The lowest BCUT2D eigenvalue weighted by Gasteiger charge is -2.34. The standard InChI is InChI=1S/C23H26N4O4S2/c1-15-12-16(2)14-27(13-15)33(29,30)20-10-6-17(7-11-20)21(28)24-23-26-25-22(31-23)18-4-8-19(32-3)9-5-18/h4-11,15-16H,12-14H2,1-3H3,(H,24,26,28). The smallest absolute Gasteiger partial charge is 0.322 e. The zero-order valence-electron chi connectivity index (χ0n) is 18.7. The van der Waals surface area contributed by atoms with Crippen LogP contribution in [0.1, 0.15) is 30.6 Å². The number of rotatable bonds is 6. The van der Waals surface area contributed by atoms with Gasteiger partial charge in [0, 0.05) is 29.1 Å². The summed E-state index contributed by atoms with van der Waals surface area (Å²) in [7, 11) is -3.60. The number of nitrogens with one attached hydrogen (secondary N) is 1. The molecule has 0 saturated carbocycles. The molecule has 1 saturated heterocycles. The number of thioether (sulfide) groups is 1. The molecule has 174 valence electrons. The third-order valence-corrected chi connectivity index (χ3v) is 8.16. The van der Waals surface area contributed by atoms with Crippen molar-refractivity contribution in [2.75, 3.05) is 24.7 Å². The Hall–Kier alpha value is -2.69. The first-order valence-electron chi connectivity index (χ1n) is 10.7. The normalized spacial score (nSPS) is 19.4. The van der Waals surface area contributed by atoms with Gasteiger partial charge in [0.15, 0.2) is 0 Å². The molecule has 3 aromatic rings. The number of amides is 1. The fraction of sp³-hybridized carbons (Fsp3) is 0.348. The summed E-state index contributed by atoms with van der Waals surface area (Å²) in [6.45, 7) is 5.14. The highest BCUT2D eigenvalue weighted by molar-refractivity contribution is 7.98. The third-order valence-electron chi connectivity index (χ3n) is 5.57. The van der Waals surface area contributed by atoms with Gasteiger partial charge in [0.1, 0.15) is 0 Å². The van der Waals surface area contributed by atoms with Crippen molar-refractivity contribution in [2.24, 2.45) is 11.8 Å². The highest BCUT2D eigenvalue weighted by Gasteiger charge is 2.31. The summed E-state index contributed by atoms with van der Waals surface area (Å²) in [5.41, 5.74) is 1.04. The zero-order chi connectivity index (χ0) is 23.6. The molecular formula is C23H26N4O4S2. The van der Waals surface area contributed by atoms with Crippen molar-refractivity contribution in [1.82, 2.24) is 14.5 Å². The number of hydrogen-bond donors (Lipinski definition) is 1. The van der Waals surface area contributed by atoms with Crippen molar-refractivity contribution in [1.29, 1.82) is 0 Å². The fourth-order valence-corrected chi connectivity index (χ4v) is 6.11. The van der Waals surface area contributed by atoms with Gasteiger partial charge in [-0.15, -0.1) is 16.9 Å². The van der Waals surface area contributed by atoms with Crippen LogP contribution >= 0.6 is 11.8 Å². The summed E-state index contributed by atoms with van der Waals surface area (Å²) in [5.74, 6) is 0.462. The van der Waals surface area contributed by atoms with Gasteiger partial charge in [-0.25, -0.2) is 8.42 Å². The van der Waals surface area contributed by atoms with Crippen molar-refractivity contribution in [3.05, 3.63) is 54.1 Å². The van der Waals surface area contributed by atoms with E-state index in [1.165, 1.54) is 28.6 Å². The highest BCUT2D eigenvalue weighted by Crippen LogP contribution is 2.27. The van der Waals surface area contributed by atoms with Gasteiger partial charge < -0.3 is 4.42 Å². The molecule has 2 unspecified atom stereocenters. The van der Waals surface area contributed by atoms with Crippen LogP contribution in [-0.4, -0.2) is 48.2 Å². The molecule has 1 amide bonds. The maximum absolute atomic E-state index is 13.0. The first-order chi connectivity index (χ1) is 15.8. The number of sulfonamides is 1. The van der Waals surface area contributed by atoms with Crippen LogP contribution < -0.4 is 5.32 Å². The molecule has 1 aromatic heterocycles. The molecule has 0 bridgehead atoms. The summed E-state index contributed by atoms with van der Waals surface area (Å²) in [4.78, 5) is 13.9.